The number of aryl methyl sites for hydroxylation is 1. The number of carbonyl (C=O) groups is 1. The number of carbonyl (C=O) groups excluding carboxylic acids is 1. The minimum Gasteiger partial charge on any atom is -0.493 e. The summed E-state index contributed by atoms with van der Waals surface area (Å²) < 4.78 is 44.8. The zero-order chi connectivity index (χ0) is 20.0. The standard InChI is InChI=1S/C18H27NO7S/c1-13-11-15(23-2)17(16(12-13)24-3)26-18(20)14(5-10-27(4,21)22)19-6-8-25-9-7-19/h11-12,14H,5-10H2,1-4H3. The van der Waals surface area contributed by atoms with Crippen LogP contribution in [-0.2, 0) is 19.4 Å². The molecule has 0 radical (unpaired) electrons. The lowest BCUT2D eigenvalue weighted by Crippen LogP contribution is -2.49. The van der Waals surface area contributed by atoms with Gasteiger partial charge in [0.25, 0.3) is 0 Å². The number of hydrogen-bond acceptors (Lipinski definition) is 8. The number of morpholine rings is 1. The van der Waals surface area contributed by atoms with Gasteiger partial charge in [0.1, 0.15) is 15.9 Å². The maximum atomic E-state index is 12.9. The third-order valence-corrected chi connectivity index (χ3v) is 5.31. The Balaban J connectivity index is 2.27. The summed E-state index contributed by atoms with van der Waals surface area (Å²) in [5.41, 5.74) is 0.894. The van der Waals surface area contributed by atoms with Crippen molar-refractivity contribution in [3.05, 3.63) is 17.7 Å². The van der Waals surface area contributed by atoms with E-state index in [4.69, 9.17) is 18.9 Å². The Morgan fingerprint density at radius 1 is 1.19 bits per heavy atom. The second-order valence-corrected chi connectivity index (χ2v) is 8.76. The van der Waals surface area contributed by atoms with Crippen LogP contribution in [0, 0.1) is 6.92 Å². The monoisotopic (exact) mass is 401 g/mol. The van der Waals surface area contributed by atoms with Gasteiger partial charge in [-0.05, 0) is 31.0 Å². The summed E-state index contributed by atoms with van der Waals surface area (Å²) in [5, 5.41) is 0. The molecule has 1 aromatic rings. The zero-order valence-corrected chi connectivity index (χ0v) is 17.0. The van der Waals surface area contributed by atoms with Crippen LogP contribution in [0.5, 0.6) is 17.2 Å². The van der Waals surface area contributed by atoms with Gasteiger partial charge in [0.15, 0.2) is 11.5 Å². The minimum absolute atomic E-state index is 0.105. The number of nitrogens with zero attached hydrogens (tertiary/aromatic N) is 1. The van der Waals surface area contributed by atoms with Crippen molar-refractivity contribution in [1.82, 2.24) is 4.90 Å². The van der Waals surface area contributed by atoms with Gasteiger partial charge in [-0.15, -0.1) is 0 Å². The lowest BCUT2D eigenvalue weighted by Gasteiger charge is -2.33. The smallest absolute Gasteiger partial charge is 0.329 e. The van der Waals surface area contributed by atoms with E-state index in [1.165, 1.54) is 14.2 Å². The predicted molar refractivity (Wildman–Crippen MR) is 100 cm³/mol. The van der Waals surface area contributed by atoms with E-state index in [0.717, 1.165) is 11.8 Å². The maximum Gasteiger partial charge on any atom is 0.329 e. The molecule has 1 aromatic carbocycles. The number of hydrogen-bond donors (Lipinski definition) is 0. The third-order valence-electron chi connectivity index (χ3n) is 4.33. The van der Waals surface area contributed by atoms with Crippen LogP contribution >= 0.6 is 0 Å². The molecule has 0 spiro atoms. The average Bonchev–Trinajstić information content (AvgIpc) is 2.62. The van der Waals surface area contributed by atoms with Crippen LogP contribution < -0.4 is 14.2 Å². The van der Waals surface area contributed by atoms with E-state index in [0.29, 0.717) is 37.8 Å². The number of methoxy groups -OCH3 is 2. The molecule has 1 atom stereocenters. The van der Waals surface area contributed by atoms with E-state index < -0.39 is 21.8 Å². The van der Waals surface area contributed by atoms with Crippen LogP contribution in [0.1, 0.15) is 12.0 Å². The molecule has 1 fully saturated rings. The Hall–Kier alpha value is -1.84. The fourth-order valence-electron chi connectivity index (χ4n) is 2.94. The highest BCUT2D eigenvalue weighted by atomic mass is 32.2. The van der Waals surface area contributed by atoms with Gasteiger partial charge < -0.3 is 18.9 Å². The van der Waals surface area contributed by atoms with Crippen molar-refractivity contribution >= 4 is 15.8 Å². The van der Waals surface area contributed by atoms with Crippen molar-refractivity contribution in [2.45, 2.75) is 19.4 Å². The van der Waals surface area contributed by atoms with Crippen LogP contribution in [0.4, 0.5) is 0 Å². The summed E-state index contributed by atoms with van der Waals surface area (Å²) in [4.78, 5) is 14.8. The van der Waals surface area contributed by atoms with Crippen molar-refractivity contribution in [2.24, 2.45) is 0 Å². The van der Waals surface area contributed by atoms with Crippen molar-refractivity contribution < 1.29 is 32.2 Å². The number of benzene rings is 1. The van der Waals surface area contributed by atoms with Gasteiger partial charge in [0, 0.05) is 19.3 Å². The van der Waals surface area contributed by atoms with Crippen LogP contribution in [0.3, 0.4) is 0 Å². The van der Waals surface area contributed by atoms with E-state index in [1.807, 2.05) is 11.8 Å². The van der Waals surface area contributed by atoms with E-state index in [-0.39, 0.29) is 17.9 Å². The van der Waals surface area contributed by atoms with Crippen molar-refractivity contribution in [3.63, 3.8) is 0 Å². The first-order valence-corrected chi connectivity index (χ1v) is 10.7. The molecule has 1 aliphatic rings. The average molecular weight is 401 g/mol. The number of ether oxygens (including phenoxy) is 4. The Morgan fingerprint density at radius 2 is 1.74 bits per heavy atom. The first kappa shape index (κ1) is 21.5. The van der Waals surface area contributed by atoms with E-state index in [1.54, 1.807) is 12.1 Å². The summed E-state index contributed by atoms with van der Waals surface area (Å²) >= 11 is 0. The first-order valence-electron chi connectivity index (χ1n) is 8.69. The van der Waals surface area contributed by atoms with Crippen LogP contribution in [0.15, 0.2) is 12.1 Å². The second kappa shape index (κ2) is 9.38. The van der Waals surface area contributed by atoms with Gasteiger partial charge in [-0.3, -0.25) is 4.90 Å². The molecule has 0 aliphatic carbocycles. The molecule has 1 unspecified atom stereocenters. The van der Waals surface area contributed by atoms with Gasteiger partial charge in [0.05, 0.1) is 33.2 Å². The topological polar surface area (TPSA) is 91.4 Å². The molecule has 1 heterocycles. The number of rotatable bonds is 8. The van der Waals surface area contributed by atoms with Crippen molar-refractivity contribution in [3.8, 4) is 17.2 Å². The highest BCUT2D eigenvalue weighted by molar-refractivity contribution is 7.90. The summed E-state index contributed by atoms with van der Waals surface area (Å²) in [7, 11) is -0.249. The molecule has 0 N–H and O–H groups in total. The van der Waals surface area contributed by atoms with E-state index in [2.05, 4.69) is 0 Å². The van der Waals surface area contributed by atoms with Gasteiger partial charge in [-0.1, -0.05) is 0 Å². The highest BCUT2D eigenvalue weighted by Gasteiger charge is 2.31. The highest BCUT2D eigenvalue weighted by Crippen LogP contribution is 2.38. The van der Waals surface area contributed by atoms with Gasteiger partial charge in [-0.2, -0.15) is 0 Å². The normalized spacial score (nSPS) is 16.6. The molecule has 0 bridgehead atoms. The van der Waals surface area contributed by atoms with E-state index >= 15 is 0 Å². The van der Waals surface area contributed by atoms with Gasteiger partial charge >= 0.3 is 5.97 Å². The Morgan fingerprint density at radius 3 is 2.22 bits per heavy atom. The molecule has 1 aliphatic heterocycles. The Bertz CT molecular complexity index is 732. The van der Waals surface area contributed by atoms with Crippen molar-refractivity contribution in [2.75, 3.05) is 52.5 Å². The Labute approximate surface area is 160 Å². The Kier molecular flexibility index (Phi) is 7.46. The van der Waals surface area contributed by atoms with E-state index in [9.17, 15) is 13.2 Å². The quantitative estimate of drug-likeness (QED) is 0.472. The molecule has 0 amide bonds. The van der Waals surface area contributed by atoms with Crippen LogP contribution in [-0.4, -0.2) is 77.9 Å². The van der Waals surface area contributed by atoms with Crippen LogP contribution in [0.2, 0.25) is 0 Å². The molecule has 0 aromatic heterocycles. The summed E-state index contributed by atoms with van der Waals surface area (Å²) in [6, 6.07) is 2.79. The fourth-order valence-corrected chi connectivity index (χ4v) is 3.60. The summed E-state index contributed by atoms with van der Waals surface area (Å²) in [6.07, 6.45) is 1.30. The third kappa shape index (κ3) is 6.08. The minimum atomic E-state index is -3.21. The lowest BCUT2D eigenvalue weighted by atomic mass is 10.1. The second-order valence-electron chi connectivity index (χ2n) is 6.50. The van der Waals surface area contributed by atoms with Gasteiger partial charge in [0.2, 0.25) is 5.75 Å². The molecule has 9 heteroatoms. The molecular formula is C18H27NO7S. The molecule has 1 saturated heterocycles. The zero-order valence-electron chi connectivity index (χ0n) is 16.2. The molecule has 2 rings (SSSR count). The maximum absolute atomic E-state index is 12.9. The van der Waals surface area contributed by atoms with Crippen molar-refractivity contribution in [1.29, 1.82) is 0 Å². The van der Waals surface area contributed by atoms with Gasteiger partial charge in [-0.25, -0.2) is 13.2 Å². The SMILES string of the molecule is COc1cc(C)cc(OC)c1OC(=O)C(CCS(C)(=O)=O)N1CCOCC1. The lowest BCUT2D eigenvalue weighted by molar-refractivity contribution is -0.142. The fraction of sp³-hybridized carbons (Fsp3) is 0.611. The van der Waals surface area contributed by atoms with Crippen LogP contribution in [0.25, 0.3) is 0 Å². The summed E-state index contributed by atoms with van der Waals surface area (Å²) in [5.74, 6) is 0.300. The molecule has 0 saturated carbocycles. The molecule has 27 heavy (non-hydrogen) atoms. The largest absolute Gasteiger partial charge is 0.493 e. The molecular weight excluding hydrogens is 374 g/mol. The number of sulfone groups is 1. The summed E-state index contributed by atoms with van der Waals surface area (Å²) in [6.45, 7) is 3.91. The molecule has 8 nitrogen and oxygen atoms in total. The first-order chi connectivity index (χ1) is 12.7. The predicted octanol–water partition coefficient (Wildman–Crippen LogP) is 1.05. The number of esters is 1. The molecule has 152 valence electrons.